The van der Waals surface area contributed by atoms with Crippen LogP contribution in [0.4, 0.5) is 9.18 Å². The van der Waals surface area contributed by atoms with Crippen LogP contribution >= 0.6 is 0 Å². The molecule has 3 N–H and O–H groups in total. The summed E-state index contributed by atoms with van der Waals surface area (Å²) in [7, 11) is 0. The summed E-state index contributed by atoms with van der Waals surface area (Å²) in [5.41, 5.74) is 6.26. The molecule has 88 valence electrons. The maximum Gasteiger partial charge on any atom is 0.404 e. The molecule has 4 nitrogen and oxygen atoms in total. The lowest BCUT2D eigenvalue weighted by Crippen LogP contribution is -2.23. The van der Waals surface area contributed by atoms with Crippen LogP contribution < -0.4 is 11.1 Å². The van der Waals surface area contributed by atoms with Crippen LogP contribution in [-0.4, -0.2) is 19.2 Å². The van der Waals surface area contributed by atoms with Crippen molar-refractivity contribution in [3.8, 4) is 0 Å². The van der Waals surface area contributed by atoms with E-state index in [-0.39, 0.29) is 12.4 Å². The summed E-state index contributed by atoms with van der Waals surface area (Å²) in [6.45, 7) is 2.94. The van der Waals surface area contributed by atoms with E-state index in [0.29, 0.717) is 18.7 Å². The average molecular weight is 226 g/mol. The highest BCUT2D eigenvalue weighted by atomic mass is 19.1. The van der Waals surface area contributed by atoms with Crippen molar-refractivity contribution >= 4 is 6.09 Å². The molecule has 0 unspecified atom stereocenters. The minimum absolute atomic E-state index is 0.212. The Morgan fingerprint density at radius 2 is 2.31 bits per heavy atom. The van der Waals surface area contributed by atoms with Gasteiger partial charge in [0.05, 0.1) is 0 Å². The van der Waals surface area contributed by atoms with Gasteiger partial charge in [0.1, 0.15) is 12.4 Å². The number of carbonyl (C=O) groups excluding carboxylic acids is 1. The number of rotatable bonds is 5. The van der Waals surface area contributed by atoms with E-state index in [2.05, 4.69) is 10.1 Å². The molecule has 0 aliphatic rings. The number of nitrogens with one attached hydrogen (secondary N) is 1. The standard InChI is InChI=1S/C11H15FN2O2/c1-8-2-3-9(6-10(8)12)7-14-4-5-16-11(13)15/h2-3,6,14H,4-5,7H2,1H3,(H2,13,15). The van der Waals surface area contributed by atoms with Gasteiger partial charge in [0.25, 0.3) is 0 Å². The fourth-order valence-electron chi connectivity index (χ4n) is 1.20. The van der Waals surface area contributed by atoms with E-state index in [9.17, 15) is 9.18 Å². The third-order valence-corrected chi connectivity index (χ3v) is 2.09. The molecule has 0 saturated carbocycles. The fourth-order valence-corrected chi connectivity index (χ4v) is 1.20. The van der Waals surface area contributed by atoms with E-state index in [1.807, 2.05) is 6.07 Å². The minimum Gasteiger partial charge on any atom is -0.448 e. The van der Waals surface area contributed by atoms with Crippen molar-refractivity contribution in [3.63, 3.8) is 0 Å². The monoisotopic (exact) mass is 226 g/mol. The summed E-state index contributed by atoms with van der Waals surface area (Å²) in [6.07, 6.45) is -0.789. The van der Waals surface area contributed by atoms with Crippen LogP contribution in [0.5, 0.6) is 0 Å². The van der Waals surface area contributed by atoms with Gasteiger partial charge in [-0.15, -0.1) is 0 Å². The lowest BCUT2D eigenvalue weighted by molar-refractivity contribution is 0.157. The molecule has 0 fully saturated rings. The SMILES string of the molecule is Cc1ccc(CNCCOC(N)=O)cc1F. The number of carbonyl (C=O) groups is 1. The zero-order valence-corrected chi connectivity index (χ0v) is 9.13. The number of hydrogen-bond acceptors (Lipinski definition) is 3. The Hall–Kier alpha value is -1.62. The number of hydrogen-bond donors (Lipinski definition) is 2. The molecule has 1 aromatic rings. The normalized spacial score (nSPS) is 10.1. The zero-order chi connectivity index (χ0) is 12.0. The molecule has 0 bridgehead atoms. The third-order valence-electron chi connectivity index (χ3n) is 2.09. The Kier molecular flexibility index (Phi) is 4.72. The minimum atomic E-state index is -0.789. The van der Waals surface area contributed by atoms with Gasteiger partial charge in [-0.05, 0) is 24.1 Å². The van der Waals surface area contributed by atoms with Crippen molar-refractivity contribution in [2.75, 3.05) is 13.2 Å². The molecule has 1 rings (SSSR count). The van der Waals surface area contributed by atoms with Crippen molar-refractivity contribution < 1.29 is 13.9 Å². The first-order chi connectivity index (χ1) is 7.59. The molecule has 0 radical (unpaired) electrons. The molecular weight excluding hydrogens is 211 g/mol. The van der Waals surface area contributed by atoms with Crippen LogP contribution in [-0.2, 0) is 11.3 Å². The molecule has 0 saturated heterocycles. The first-order valence-corrected chi connectivity index (χ1v) is 4.97. The predicted molar refractivity (Wildman–Crippen MR) is 58.4 cm³/mol. The number of benzene rings is 1. The van der Waals surface area contributed by atoms with Crippen LogP contribution in [0.15, 0.2) is 18.2 Å². The lowest BCUT2D eigenvalue weighted by atomic mass is 10.1. The van der Waals surface area contributed by atoms with Gasteiger partial charge in [-0.25, -0.2) is 9.18 Å². The highest BCUT2D eigenvalue weighted by molar-refractivity contribution is 5.64. The van der Waals surface area contributed by atoms with Gasteiger partial charge in [-0.3, -0.25) is 0 Å². The molecule has 0 heterocycles. The van der Waals surface area contributed by atoms with Gasteiger partial charge >= 0.3 is 6.09 Å². The largest absolute Gasteiger partial charge is 0.448 e. The van der Waals surface area contributed by atoms with E-state index in [1.54, 1.807) is 13.0 Å². The fraction of sp³-hybridized carbons (Fsp3) is 0.364. The van der Waals surface area contributed by atoms with Crippen LogP contribution in [0.1, 0.15) is 11.1 Å². The van der Waals surface area contributed by atoms with E-state index >= 15 is 0 Å². The van der Waals surface area contributed by atoms with Gasteiger partial charge in [0, 0.05) is 13.1 Å². The summed E-state index contributed by atoms with van der Waals surface area (Å²) >= 11 is 0. The van der Waals surface area contributed by atoms with Crippen molar-refractivity contribution in [1.29, 1.82) is 0 Å². The Morgan fingerprint density at radius 3 is 2.94 bits per heavy atom. The molecule has 0 spiro atoms. The summed E-state index contributed by atoms with van der Waals surface area (Å²) in [5, 5.41) is 3.00. The Morgan fingerprint density at radius 1 is 1.56 bits per heavy atom. The first-order valence-electron chi connectivity index (χ1n) is 4.97. The molecule has 0 aliphatic heterocycles. The van der Waals surface area contributed by atoms with Crippen LogP contribution in [0, 0.1) is 12.7 Å². The molecule has 0 aromatic heterocycles. The van der Waals surface area contributed by atoms with Gasteiger partial charge in [-0.2, -0.15) is 0 Å². The van der Waals surface area contributed by atoms with E-state index in [0.717, 1.165) is 5.56 Å². The topological polar surface area (TPSA) is 64.3 Å². The van der Waals surface area contributed by atoms with Crippen molar-refractivity contribution in [2.24, 2.45) is 5.73 Å². The summed E-state index contributed by atoms with van der Waals surface area (Å²) < 4.78 is 17.7. The quantitative estimate of drug-likeness (QED) is 0.744. The molecule has 5 heteroatoms. The predicted octanol–water partition coefficient (Wildman–Crippen LogP) is 1.32. The Labute approximate surface area is 93.6 Å². The van der Waals surface area contributed by atoms with Crippen LogP contribution in [0.25, 0.3) is 0 Å². The van der Waals surface area contributed by atoms with Gasteiger partial charge in [0.15, 0.2) is 0 Å². The number of amides is 1. The van der Waals surface area contributed by atoms with E-state index in [4.69, 9.17) is 5.73 Å². The maximum absolute atomic E-state index is 13.1. The van der Waals surface area contributed by atoms with Crippen LogP contribution in [0.3, 0.4) is 0 Å². The second-order valence-electron chi connectivity index (χ2n) is 3.43. The molecule has 1 aromatic carbocycles. The summed E-state index contributed by atoms with van der Waals surface area (Å²) in [5.74, 6) is -0.215. The van der Waals surface area contributed by atoms with Crippen molar-refractivity contribution in [1.82, 2.24) is 5.32 Å². The molecular formula is C11H15FN2O2. The van der Waals surface area contributed by atoms with Crippen molar-refractivity contribution in [3.05, 3.63) is 35.1 Å². The number of halogens is 1. The zero-order valence-electron chi connectivity index (χ0n) is 9.13. The second-order valence-corrected chi connectivity index (χ2v) is 3.43. The Balaban J connectivity index is 2.27. The van der Waals surface area contributed by atoms with Crippen molar-refractivity contribution in [2.45, 2.75) is 13.5 Å². The number of primary amides is 1. The smallest absolute Gasteiger partial charge is 0.404 e. The molecule has 0 atom stereocenters. The number of aryl methyl sites for hydroxylation is 1. The molecule has 16 heavy (non-hydrogen) atoms. The summed E-state index contributed by atoms with van der Waals surface area (Å²) in [4.78, 5) is 10.2. The highest BCUT2D eigenvalue weighted by Crippen LogP contribution is 2.08. The first kappa shape index (κ1) is 12.4. The van der Waals surface area contributed by atoms with Gasteiger partial charge in [0.2, 0.25) is 0 Å². The third kappa shape index (κ3) is 4.27. The highest BCUT2D eigenvalue weighted by Gasteiger charge is 1.99. The maximum atomic E-state index is 13.1. The Bertz CT molecular complexity index is 369. The number of nitrogens with two attached hydrogens (primary N) is 1. The van der Waals surface area contributed by atoms with E-state index in [1.165, 1.54) is 6.07 Å². The van der Waals surface area contributed by atoms with Crippen LogP contribution in [0.2, 0.25) is 0 Å². The number of ether oxygens (including phenoxy) is 1. The van der Waals surface area contributed by atoms with E-state index < -0.39 is 6.09 Å². The summed E-state index contributed by atoms with van der Waals surface area (Å²) in [6, 6.07) is 5.06. The van der Waals surface area contributed by atoms with Gasteiger partial charge < -0.3 is 15.8 Å². The average Bonchev–Trinajstić information content (AvgIpc) is 2.22. The molecule has 0 aliphatic carbocycles. The van der Waals surface area contributed by atoms with Gasteiger partial charge in [-0.1, -0.05) is 12.1 Å². The lowest BCUT2D eigenvalue weighted by Gasteiger charge is -2.06. The molecule has 1 amide bonds. The second kappa shape index (κ2) is 6.07.